The molecule has 0 saturated carbocycles. The number of halogens is 1. The highest BCUT2D eigenvalue weighted by atomic mass is 19.1. The molecular formula is C21H22FN3O3. The summed E-state index contributed by atoms with van der Waals surface area (Å²) in [7, 11) is 0. The summed E-state index contributed by atoms with van der Waals surface area (Å²) in [5.41, 5.74) is 2.12. The first-order valence-corrected chi connectivity index (χ1v) is 9.11. The van der Waals surface area contributed by atoms with Crippen LogP contribution in [0.15, 0.2) is 48.5 Å². The molecule has 0 radical (unpaired) electrons. The predicted molar refractivity (Wildman–Crippen MR) is 104 cm³/mol. The Hall–Kier alpha value is -3.22. The molecule has 1 aliphatic heterocycles. The van der Waals surface area contributed by atoms with E-state index >= 15 is 0 Å². The lowest BCUT2D eigenvalue weighted by Crippen LogP contribution is -2.56. The number of carbonyl (C=O) groups is 3. The van der Waals surface area contributed by atoms with Gasteiger partial charge in [-0.1, -0.05) is 32.0 Å². The van der Waals surface area contributed by atoms with Crippen molar-refractivity contribution in [2.45, 2.75) is 19.8 Å². The van der Waals surface area contributed by atoms with Gasteiger partial charge in [-0.3, -0.25) is 14.4 Å². The molecule has 1 aliphatic rings. The Morgan fingerprint density at radius 3 is 2.43 bits per heavy atom. The van der Waals surface area contributed by atoms with Crippen LogP contribution in [0.1, 0.15) is 25.3 Å². The highest BCUT2D eigenvalue weighted by Gasteiger charge is 2.34. The smallest absolute Gasteiger partial charge is 0.316 e. The van der Waals surface area contributed by atoms with E-state index in [0.717, 1.165) is 5.56 Å². The van der Waals surface area contributed by atoms with E-state index < -0.39 is 17.6 Å². The molecule has 6 nitrogen and oxygen atoms in total. The number of nitrogens with one attached hydrogen (secondary N) is 1. The van der Waals surface area contributed by atoms with Crippen molar-refractivity contribution in [2.24, 2.45) is 0 Å². The van der Waals surface area contributed by atoms with Gasteiger partial charge in [0.15, 0.2) is 0 Å². The number of carbonyl (C=O) groups excluding carboxylic acids is 3. The van der Waals surface area contributed by atoms with Crippen molar-refractivity contribution in [3.63, 3.8) is 0 Å². The monoisotopic (exact) mass is 383 g/mol. The number of piperazine rings is 1. The Kier molecular flexibility index (Phi) is 5.73. The molecule has 1 heterocycles. The number of anilines is 2. The summed E-state index contributed by atoms with van der Waals surface area (Å²) in [5.74, 6) is -2.02. The highest BCUT2D eigenvalue weighted by molar-refractivity contribution is 6.41. The minimum Gasteiger partial charge on any atom is -0.325 e. The molecule has 0 spiro atoms. The molecule has 0 aliphatic carbocycles. The SMILES string of the molecule is CC(C)c1ccc(NC(=O)CN2CCN(c3cccc(F)c3)C(=O)C2=O)cc1. The molecule has 0 atom stereocenters. The average Bonchev–Trinajstić information content (AvgIpc) is 2.66. The Morgan fingerprint density at radius 2 is 1.79 bits per heavy atom. The van der Waals surface area contributed by atoms with Gasteiger partial charge in [0.2, 0.25) is 5.91 Å². The van der Waals surface area contributed by atoms with Crippen LogP contribution >= 0.6 is 0 Å². The Balaban J connectivity index is 1.60. The molecule has 2 aromatic carbocycles. The van der Waals surface area contributed by atoms with Gasteiger partial charge in [-0.15, -0.1) is 0 Å². The zero-order chi connectivity index (χ0) is 20.3. The molecule has 3 rings (SSSR count). The maximum absolute atomic E-state index is 13.4. The van der Waals surface area contributed by atoms with Crippen molar-refractivity contribution in [2.75, 3.05) is 29.9 Å². The van der Waals surface area contributed by atoms with Crippen molar-refractivity contribution < 1.29 is 18.8 Å². The van der Waals surface area contributed by atoms with Gasteiger partial charge in [0, 0.05) is 24.5 Å². The van der Waals surface area contributed by atoms with Crippen molar-refractivity contribution in [3.05, 3.63) is 59.9 Å². The third kappa shape index (κ3) is 4.36. The van der Waals surface area contributed by atoms with Crippen molar-refractivity contribution in [1.29, 1.82) is 0 Å². The van der Waals surface area contributed by atoms with Crippen LogP contribution in [0, 0.1) is 5.82 Å². The first kappa shape index (κ1) is 19.5. The molecule has 1 fully saturated rings. The molecule has 28 heavy (non-hydrogen) atoms. The zero-order valence-electron chi connectivity index (χ0n) is 15.8. The van der Waals surface area contributed by atoms with Crippen LogP contribution < -0.4 is 10.2 Å². The topological polar surface area (TPSA) is 69.7 Å². The van der Waals surface area contributed by atoms with Crippen LogP contribution in [0.2, 0.25) is 0 Å². The van der Waals surface area contributed by atoms with Crippen molar-refractivity contribution in [1.82, 2.24) is 4.90 Å². The van der Waals surface area contributed by atoms with E-state index in [1.807, 2.05) is 24.3 Å². The van der Waals surface area contributed by atoms with E-state index in [1.165, 1.54) is 28.0 Å². The summed E-state index contributed by atoms with van der Waals surface area (Å²) in [4.78, 5) is 39.4. The lowest BCUT2D eigenvalue weighted by Gasteiger charge is -2.33. The number of rotatable bonds is 5. The standard InChI is InChI=1S/C21H22FN3O3/c1-14(2)15-6-8-17(9-7-15)23-19(26)13-24-10-11-25(21(28)20(24)27)18-5-3-4-16(22)12-18/h3-9,12,14H,10-11,13H2,1-2H3,(H,23,26). The van der Waals surface area contributed by atoms with E-state index in [2.05, 4.69) is 19.2 Å². The van der Waals surface area contributed by atoms with Gasteiger partial charge in [0.1, 0.15) is 12.4 Å². The van der Waals surface area contributed by atoms with Crippen LogP contribution in [-0.2, 0) is 14.4 Å². The second kappa shape index (κ2) is 8.21. The molecule has 0 aromatic heterocycles. The van der Waals surface area contributed by atoms with E-state index in [4.69, 9.17) is 0 Å². The Morgan fingerprint density at radius 1 is 1.07 bits per heavy atom. The summed E-state index contributed by atoms with van der Waals surface area (Å²) >= 11 is 0. The molecule has 0 unspecified atom stereocenters. The fourth-order valence-electron chi connectivity index (χ4n) is 3.04. The lowest BCUT2D eigenvalue weighted by atomic mass is 10.0. The second-order valence-electron chi connectivity index (χ2n) is 6.99. The maximum Gasteiger partial charge on any atom is 0.316 e. The van der Waals surface area contributed by atoms with E-state index in [9.17, 15) is 18.8 Å². The maximum atomic E-state index is 13.4. The predicted octanol–water partition coefficient (Wildman–Crippen LogP) is 2.76. The molecule has 1 saturated heterocycles. The molecule has 1 N–H and O–H groups in total. The quantitative estimate of drug-likeness (QED) is 0.808. The van der Waals surface area contributed by atoms with Gasteiger partial charge < -0.3 is 15.1 Å². The molecular weight excluding hydrogens is 361 g/mol. The van der Waals surface area contributed by atoms with Crippen LogP contribution in [0.25, 0.3) is 0 Å². The van der Waals surface area contributed by atoms with Gasteiger partial charge in [0.25, 0.3) is 0 Å². The number of benzene rings is 2. The molecule has 0 bridgehead atoms. The Labute approximate surface area is 162 Å². The molecule has 2 aromatic rings. The van der Waals surface area contributed by atoms with Gasteiger partial charge in [0.05, 0.1) is 0 Å². The summed E-state index contributed by atoms with van der Waals surface area (Å²) in [6, 6.07) is 13.0. The van der Waals surface area contributed by atoms with E-state index in [0.29, 0.717) is 17.3 Å². The minimum absolute atomic E-state index is 0.195. The normalized spacial score (nSPS) is 14.6. The first-order valence-electron chi connectivity index (χ1n) is 9.11. The van der Waals surface area contributed by atoms with Crippen molar-refractivity contribution >= 4 is 29.1 Å². The van der Waals surface area contributed by atoms with E-state index in [-0.39, 0.29) is 25.5 Å². The van der Waals surface area contributed by atoms with Gasteiger partial charge in [-0.25, -0.2) is 4.39 Å². The van der Waals surface area contributed by atoms with Crippen LogP contribution in [0.4, 0.5) is 15.8 Å². The number of hydrogen-bond acceptors (Lipinski definition) is 3. The second-order valence-corrected chi connectivity index (χ2v) is 6.99. The third-order valence-corrected chi connectivity index (χ3v) is 4.62. The van der Waals surface area contributed by atoms with Crippen LogP contribution in [0.5, 0.6) is 0 Å². The summed E-state index contributed by atoms with van der Waals surface area (Å²) in [6.45, 7) is 4.35. The average molecular weight is 383 g/mol. The van der Waals surface area contributed by atoms with Gasteiger partial charge in [-0.2, -0.15) is 0 Å². The zero-order valence-corrected chi connectivity index (χ0v) is 15.8. The summed E-state index contributed by atoms with van der Waals surface area (Å²) in [6.07, 6.45) is 0. The number of nitrogens with zero attached hydrogens (tertiary/aromatic N) is 2. The minimum atomic E-state index is -0.777. The fraction of sp³-hybridized carbons (Fsp3) is 0.286. The lowest BCUT2D eigenvalue weighted by molar-refractivity contribution is -0.147. The van der Waals surface area contributed by atoms with Crippen LogP contribution in [-0.4, -0.2) is 42.3 Å². The summed E-state index contributed by atoms with van der Waals surface area (Å²) < 4.78 is 13.4. The molecule has 146 valence electrons. The van der Waals surface area contributed by atoms with E-state index in [1.54, 1.807) is 6.07 Å². The highest BCUT2D eigenvalue weighted by Crippen LogP contribution is 2.20. The van der Waals surface area contributed by atoms with Crippen molar-refractivity contribution in [3.8, 4) is 0 Å². The number of hydrogen-bond donors (Lipinski definition) is 1. The molecule has 3 amide bonds. The van der Waals surface area contributed by atoms with Crippen LogP contribution in [0.3, 0.4) is 0 Å². The Bertz CT molecular complexity index is 896. The first-order chi connectivity index (χ1) is 13.3. The molecule has 7 heteroatoms. The number of amides is 3. The van der Waals surface area contributed by atoms with Gasteiger partial charge >= 0.3 is 11.8 Å². The summed E-state index contributed by atoms with van der Waals surface area (Å²) in [5, 5.41) is 2.73. The largest absolute Gasteiger partial charge is 0.325 e. The third-order valence-electron chi connectivity index (χ3n) is 4.62. The van der Waals surface area contributed by atoms with Gasteiger partial charge in [-0.05, 0) is 41.8 Å². The fourth-order valence-corrected chi connectivity index (χ4v) is 3.04.